The van der Waals surface area contributed by atoms with Crippen LogP contribution >= 0.6 is 24.2 Å². The third-order valence-corrected chi connectivity index (χ3v) is 4.19. The zero-order chi connectivity index (χ0) is 15.1. The molecule has 1 aromatic carbocycles. The minimum absolute atomic E-state index is 0. The average molecular weight is 347 g/mol. The van der Waals surface area contributed by atoms with E-state index in [-0.39, 0.29) is 24.4 Å². The first-order chi connectivity index (χ1) is 10.2. The van der Waals surface area contributed by atoms with Gasteiger partial charge in [-0.1, -0.05) is 12.1 Å². The van der Waals surface area contributed by atoms with Gasteiger partial charge in [0.05, 0.1) is 12.6 Å². The zero-order valence-electron chi connectivity index (χ0n) is 12.9. The second-order valence-corrected chi connectivity index (χ2v) is 5.97. The number of methoxy groups -OCH3 is 1. The summed E-state index contributed by atoms with van der Waals surface area (Å²) < 4.78 is 10.7. The number of amides is 1. The van der Waals surface area contributed by atoms with Crippen molar-refractivity contribution in [2.24, 2.45) is 0 Å². The van der Waals surface area contributed by atoms with Crippen LogP contribution in [0.1, 0.15) is 11.1 Å². The molecule has 0 saturated carbocycles. The van der Waals surface area contributed by atoms with Crippen molar-refractivity contribution in [1.29, 1.82) is 0 Å². The molecular weight excluding hydrogens is 324 g/mol. The van der Waals surface area contributed by atoms with Crippen LogP contribution in [-0.4, -0.2) is 43.9 Å². The first-order valence-electron chi connectivity index (χ1n) is 7.01. The Hall–Kier alpha value is -0.950. The van der Waals surface area contributed by atoms with Crippen molar-refractivity contribution < 1.29 is 14.3 Å². The van der Waals surface area contributed by atoms with Crippen LogP contribution in [0.2, 0.25) is 0 Å². The van der Waals surface area contributed by atoms with E-state index < -0.39 is 0 Å². The molecule has 1 unspecified atom stereocenters. The highest BCUT2D eigenvalue weighted by Crippen LogP contribution is 2.20. The van der Waals surface area contributed by atoms with Crippen molar-refractivity contribution in [2.75, 3.05) is 32.0 Å². The molecule has 1 heterocycles. The molecule has 1 aliphatic rings. The van der Waals surface area contributed by atoms with Gasteiger partial charge in [0.2, 0.25) is 5.91 Å². The molecular formula is C15H23ClN2O3S. The Bertz CT molecular complexity index is 482. The minimum Gasteiger partial charge on any atom is -0.491 e. The standard InChI is InChI=1S/C15H22N2O3S.ClH/c1-11-3-4-12(14(7-11)20-6-5-19-2)8-16-15(18)13-9-21-10-17-13;/h3-4,7,13,17H,5-6,8-10H2,1-2H3,(H,16,18);1H. The Kier molecular flexibility index (Phi) is 8.63. The third kappa shape index (κ3) is 5.68. The van der Waals surface area contributed by atoms with Crippen LogP contribution in [0, 0.1) is 6.92 Å². The number of halogens is 1. The fourth-order valence-corrected chi connectivity index (χ4v) is 2.99. The molecule has 7 heteroatoms. The Morgan fingerprint density at radius 2 is 2.27 bits per heavy atom. The summed E-state index contributed by atoms with van der Waals surface area (Å²) in [5.41, 5.74) is 2.11. The monoisotopic (exact) mass is 346 g/mol. The Morgan fingerprint density at radius 3 is 2.95 bits per heavy atom. The number of hydrogen-bond donors (Lipinski definition) is 2. The van der Waals surface area contributed by atoms with Gasteiger partial charge in [0.25, 0.3) is 0 Å². The quantitative estimate of drug-likeness (QED) is 0.736. The highest BCUT2D eigenvalue weighted by atomic mass is 35.5. The molecule has 0 spiro atoms. The van der Waals surface area contributed by atoms with Gasteiger partial charge < -0.3 is 14.8 Å². The van der Waals surface area contributed by atoms with Crippen molar-refractivity contribution in [3.05, 3.63) is 29.3 Å². The molecule has 1 saturated heterocycles. The fourth-order valence-electron chi connectivity index (χ4n) is 2.05. The maximum absolute atomic E-state index is 12.0. The lowest BCUT2D eigenvalue weighted by atomic mass is 10.1. The van der Waals surface area contributed by atoms with Crippen molar-refractivity contribution in [3.8, 4) is 5.75 Å². The predicted octanol–water partition coefficient (Wildman–Crippen LogP) is 1.72. The molecule has 1 atom stereocenters. The summed E-state index contributed by atoms with van der Waals surface area (Å²) in [6.45, 7) is 3.54. The molecule has 0 aliphatic carbocycles. The van der Waals surface area contributed by atoms with E-state index in [1.54, 1.807) is 18.9 Å². The van der Waals surface area contributed by atoms with Crippen LogP contribution in [0.5, 0.6) is 5.75 Å². The van der Waals surface area contributed by atoms with Gasteiger partial charge in [-0.15, -0.1) is 24.2 Å². The normalized spacial score (nSPS) is 16.9. The van der Waals surface area contributed by atoms with Crippen molar-refractivity contribution in [3.63, 3.8) is 0 Å². The fraction of sp³-hybridized carbons (Fsp3) is 0.533. The van der Waals surface area contributed by atoms with Crippen LogP contribution in [-0.2, 0) is 16.1 Å². The summed E-state index contributed by atoms with van der Waals surface area (Å²) in [5, 5.41) is 6.13. The van der Waals surface area contributed by atoms with E-state index in [0.717, 1.165) is 28.5 Å². The lowest BCUT2D eigenvalue weighted by molar-refractivity contribution is -0.122. The van der Waals surface area contributed by atoms with Crippen LogP contribution < -0.4 is 15.4 Å². The van der Waals surface area contributed by atoms with Gasteiger partial charge >= 0.3 is 0 Å². The van der Waals surface area contributed by atoms with Gasteiger partial charge in [0.1, 0.15) is 12.4 Å². The van der Waals surface area contributed by atoms with E-state index in [2.05, 4.69) is 10.6 Å². The molecule has 22 heavy (non-hydrogen) atoms. The predicted molar refractivity (Wildman–Crippen MR) is 91.9 cm³/mol. The van der Waals surface area contributed by atoms with E-state index >= 15 is 0 Å². The van der Waals surface area contributed by atoms with Gasteiger partial charge in [-0.05, 0) is 18.6 Å². The maximum atomic E-state index is 12.0. The van der Waals surface area contributed by atoms with Gasteiger partial charge in [-0.2, -0.15) is 0 Å². The lowest BCUT2D eigenvalue weighted by Gasteiger charge is -2.14. The molecule has 0 radical (unpaired) electrons. The summed E-state index contributed by atoms with van der Waals surface area (Å²) in [6.07, 6.45) is 0. The van der Waals surface area contributed by atoms with E-state index in [4.69, 9.17) is 9.47 Å². The Balaban J connectivity index is 0.00000242. The Labute approximate surface area is 141 Å². The summed E-state index contributed by atoms with van der Waals surface area (Å²) >= 11 is 1.74. The lowest BCUT2D eigenvalue weighted by Crippen LogP contribution is -2.41. The number of hydrogen-bond acceptors (Lipinski definition) is 5. The molecule has 1 amide bonds. The smallest absolute Gasteiger partial charge is 0.238 e. The summed E-state index contributed by atoms with van der Waals surface area (Å²) in [7, 11) is 1.65. The molecule has 0 bridgehead atoms. The molecule has 0 aromatic heterocycles. The molecule has 1 aromatic rings. The second-order valence-electron chi connectivity index (χ2n) is 4.94. The number of carbonyl (C=O) groups excluding carboxylic acids is 1. The van der Waals surface area contributed by atoms with Crippen LogP contribution in [0.15, 0.2) is 18.2 Å². The molecule has 2 rings (SSSR count). The SMILES string of the molecule is COCCOc1cc(C)ccc1CNC(=O)C1CSCN1.Cl. The van der Waals surface area contributed by atoms with Gasteiger partial charge in [-0.25, -0.2) is 0 Å². The average Bonchev–Trinajstić information content (AvgIpc) is 3.00. The van der Waals surface area contributed by atoms with E-state index in [1.807, 2.05) is 25.1 Å². The number of ether oxygens (including phenoxy) is 2. The van der Waals surface area contributed by atoms with Crippen LogP contribution in [0.3, 0.4) is 0 Å². The number of benzene rings is 1. The first-order valence-corrected chi connectivity index (χ1v) is 8.16. The van der Waals surface area contributed by atoms with Gasteiger partial charge in [0.15, 0.2) is 0 Å². The summed E-state index contributed by atoms with van der Waals surface area (Å²) in [5.74, 6) is 2.52. The zero-order valence-corrected chi connectivity index (χ0v) is 14.5. The van der Waals surface area contributed by atoms with Gasteiger partial charge in [0, 0.05) is 30.8 Å². The largest absolute Gasteiger partial charge is 0.491 e. The van der Waals surface area contributed by atoms with Crippen molar-refractivity contribution >= 4 is 30.1 Å². The highest BCUT2D eigenvalue weighted by molar-refractivity contribution is 7.99. The molecule has 1 fully saturated rings. The third-order valence-electron chi connectivity index (χ3n) is 3.25. The maximum Gasteiger partial charge on any atom is 0.238 e. The summed E-state index contributed by atoms with van der Waals surface area (Å²) in [6, 6.07) is 5.92. The number of thioether (sulfide) groups is 1. The highest BCUT2D eigenvalue weighted by Gasteiger charge is 2.22. The number of carbonyl (C=O) groups is 1. The van der Waals surface area contributed by atoms with Crippen LogP contribution in [0.4, 0.5) is 0 Å². The molecule has 5 nitrogen and oxygen atoms in total. The number of nitrogens with one attached hydrogen (secondary N) is 2. The summed E-state index contributed by atoms with van der Waals surface area (Å²) in [4.78, 5) is 12.0. The minimum atomic E-state index is -0.0849. The molecule has 2 N–H and O–H groups in total. The topological polar surface area (TPSA) is 59.6 Å². The number of aryl methyl sites for hydroxylation is 1. The number of rotatable bonds is 7. The second kappa shape index (κ2) is 9.94. The van der Waals surface area contributed by atoms with Crippen molar-refractivity contribution in [1.82, 2.24) is 10.6 Å². The van der Waals surface area contributed by atoms with E-state index in [9.17, 15) is 4.79 Å². The van der Waals surface area contributed by atoms with E-state index in [1.165, 1.54) is 0 Å². The first kappa shape index (κ1) is 19.1. The van der Waals surface area contributed by atoms with E-state index in [0.29, 0.717) is 19.8 Å². The van der Waals surface area contributed by atoms with Gasteiger partial charge in [-0.3, -0.25) is 10.1 Å². The molecule has 124 valence electrons. The molecule has 1 aliphatic heterocycles. The Morgan fingerprint density at radius 1 is 1.45 bits per heavy atom. The van der Waals surface area contributed by atoms with Crippen molar-refractivity contribution in [2.45, 2.75) is 19.5 Å². The van der Waals surface area contributed by atoms with Crippen LogP contribution in [0.25, 0.3) is 0 Å².